The maximum Gasteiger partial charge on any atom is 0.275 e. The Labute approximate surface area is 115 Å². The van der Waals surface area contributed by atoms with E-state index in [0.29, 0.717) is 29.3 Å². The molecule has 0 atom stereocenters. The number of hydrogen-bond donors (Lipinski definition) is 2. The summed E-state index contributed by atoms with van der Waals surface area (Å²) in [5, 5.41) is 12.2. The van der Waals surface area contributed by atoms with E-state index in [0.717, 1.165) is 11.7 Å². The minimum absolute atomic E-state index is 0.249. The molecule has 2 N–H and O–H groups in total. The Morgan fingerprint density at radius 3 is 2.95 bits per heavy atom. The van der Waals surface area contributed by atoms with Gasteiger partial charge in [-0.3, -0.25) is 4.79 Å². The topological polar surface area (TPSA) is 80.0 Å². The van der Waals surface area contributed by atoms with Crippen LogP contribution < -0.4 is 10.6 Å². The van der Waals surface area contributed by atoms with E-state index >= 15 is 0 Å². The van der Waals surface area contributed by atoms with Crippen molar-refractivity contribution in [3.63, 3.8) is 0 Å². The summed E-state index contributed by atoms with van der Waals surface area (Å²) >= 11 is 1.41. The Hall–Kier alpha value is -1.89. The van der Waals surface area contributed by atoms with Crippen LogP contribution in [0.5, 0.6) is 0 Å². The maximum absolute atomic E-state index is 12.1. The third kappa shape index (κ3) is 2.93. The molecule has 1 amide bonds. The van der Waals surface area contributed by atoms with Gasteiger partial charge in [-0.1, -0.05) is 12.1 Å². The third-order valence-electron chi connectivity index (χ3n) is 2.56. The fourth-order valence-corrected chi connectivity index (χ4v) is 2.37. The van der Waals surface area contributed by atoms with Crippen LogP contribution in [0, 0.1) is 6.92 Å². The molecular formula is C12H16N4O2S. The Morgan fingerprint density at radius 2 is 2.26 bits per heavy atom. The highest BCUT2D eigenvalue weighted by atomic mass is 32.1. The van der Waals surface area contributed by atoms with E-state index in [-0.39, 0.29) is 5.91 Å². The molecule has 19 heavy (non-hydrogen) atoms. The molecule has 0 bridgehead atoms. The van der Waals surface area contributed by atoms with Gasteiger partial charge < -0.3 is 15.2 Å². The number of rotatable bonds is 5. The fraction of sp³-hybridized carbons (Fsp3) is 0.417. The first-order valence-corrected chi connectivity index (χ1v) is 6.99. The molecule has 102 valence electrons. The first-order chi connectivity index (χ1) is 9.15. The van der Waals surface area contributed by atoms with Crippen LogP contribution in [0.2, 0.25) is 0 Å². The van der Waals surface area contributed by atoms with Crippen molar-refractivity contribution in [3.8, 4) is 0 Å². The molecule has 0 unspecified atom stereocenters. The van der Waals surface area contributed by atoms with Gasteiger partial charge in [0.05, 0.1) is 0 Å². The van der Waals surface area contributed by atoms with Gasteiger partial charge in [-0.25, -0.2) is 4.98 Å². The van der Waals surface area contributed by atoms with Gasteiger partial charge in [0.1, 0.15) is 17.1 Å². The number of hydrogen-bond acceptors (Lipinski definition) is 6. The van der Waals surface area contributed by atoms with Gasteiger partial charge in [0.25, 0.3) is 5.91 Å². The molecule has 2 rings (SSSR count). The van der Waals surface area contributed by atoms with Crippen molar-refractivity contribution < 1.29 is 9.32 Å². The van der Waals surface area contributed by atoms with Gasteiger partial charge in [-0.05, 0) is 13.8 Å². The summed E-state index contributed by atoms with van der Waals surface area (Å²) in [6, 6.07) is 0. The standard InChI is InChI=1S/C12H16N4O2S/c1-4-9-10(7(3)16-18-9)15-11(17)8-6-19-12(14-8)13-5-2/h6H,4-5H2,1-3H3,(H,13,14)(H,15,17). The van der Waals surface area contributed by atoms with E-state index in [4.69, 9.17) is 4.52 Å². The molecule has 7 heteroatoms. The van der Waals surface area contributed by atoms with Crippen LogP contribution in [0.4, 0.5) is 10.8 Å². The van der Waals surface area contributed by atoms with Crippen molar-refractivity contribution in [3.05, 3.63) is 22.5 Å². The summed E-state index contributed by atoms with van der Waals surface area (Å²) in [4.78, 5) is 16.3. The van der Waals surface area contributed by atoms with E-state index in [1.54, 1.807) is 12.3 Å². The minimum Gasteiger partial charge on any atom is -0.362 e. The highest BCUT2D eigenvalue weighted by molar-refractivity contribution is 7.13. The van der Waals surface area contributed by atoms with E-state index in [2.05, 4.69) is 20.8 Å². The second-order valence-electron chi connectivity index (χ2n) is 3.94. The highest BCUT2D eigenvalue weighted by Gasteiger charge is 2.17. The SMILES string of the molecule is CCNc1nc(C(=O)Nc2c(C)noc2CC)cs1. The summed E-state index contributed by atoms with van der Waals surface area (Å²) in [7, 11) is 0. The molecule has 2 aromatic rings. The summed E-state index contributed by atoms with van der Waals surface area (Å²) in [5.74, 6) is 0.425. The van der Waals surface area contributed by atoms with Crippen molar-refractivity contribution >= 4 is 28.1 Å². The van der Waals surface area contributed by atoms with Crippen molar-refractivity contribution in [1.29, 1.82) is 0 Å². The van der Waals surface area contributed by atoms with Crippen molar-refractivity contribution in [1.82, 2.24) is 10.1 Å². The number of thiazole rings is 1. The molecule has 6 nitrogen and oxygen atoms in total. The second-order valence-corrected chi connectivity index (χ2v) is 4.80. The predicted molar refractivity (Wildman–Crippen MR) is 74.8 cm³/mol. The van der Waals surface area contributed by atoms with Gasteiger partial charge in [-0.15, -0.1) is 11.3 Å². The zero-order valence-electron chi connectivity index (χ0n) is 11.1. The van der Waals surface area contributed by atoms with Crippen LogP contribution in [-0.2, 0) is 6.42 Å². The fourth-order valence-electron chi connectivity index (χ4n) is 1.61. The number of carbonyl (C=O) groups is 1. The van der Waals surface area contributed by atoms with E-state index in [9.17, 15) is 4.79 Å². The minimum atomic E-state index is -0.249. The summed E-state index contributed by atoms with van der Waals surface area (Å²) in [6.45, 7) is 6.50. The number of amides is 1. The maximum atomic E-state index is 12.1. The average molecular weight is 280 g/mol. The summed E-state index contributed by atoms with van der Waals surface area (Å²) in [6.07, 6.45) is 0.677. The number of carbonyl (C=O) groups excluding carboxylic acids is 1. The number of anilines is 2. The second kappa shape index (κ2) is 5.83. The number of nitrogens with zero attached hydrogens (tertiary/aromatic N) is 2. The lowest BCUT2D eigenvalue weighted by atomic mass is 10.2. The van der Waals surface area contributed by atoms with Gasteiger partial charge in [0, 0.05) is 18.3 Å². The van der Waals surface area contributed by atoms with E-state index < -0.39 is 0 Å². The Bertz CT molecular complexity index is 576. The van der Waals surface area contributed by atoms with Crippen LogP contribution in [-0.4, -0.2) is 22.6 Å². The van der Waals surface area contributed by atoms with Gasteiger partial charge in [0.15, 0.2) is 10.9 Å². The van der Waals surface area contributed by atoms with Crippen LogP contribution in [0.3, 0.4) is 0 Å². The molecule has 0 aliphatic rings. The predicted octanol–water partition coefficient (Wildman–Crippen LogP) is 2.69. The van der Waals surface area contributed by atoms with Gasteiger partial charge >= 0.3 is 0 Å². The van der Waals surface area contributed by atoms with Crippen LogP contribution in [0.25, 0.3) is 0 Å². The number of aromatic nitrogens is 2. The van der Waals surface area contributed by atoms with Gasteiger partial charge in [-0.2, -0.15) is 0 Å². The van der Waals surface area contributed by atoms with Crippen molar-refractivity contribution in [2.24, 2.45) is 0 Å². The molecular weight excluding hydrogens is 264 g/mol. The lowest BCUT2D eigenvalue weighted by molar-refractivity contribution is 0.102. The van der Waals surface area contributed by atoms with Crippen molar-refractivity contribution in [2.75, 3.05) is 17.2 Å². The molecule has 0 aliphatic heterocycles. The highest BCUT2D eigenvalue weighted by Crippen LogP contribution is 2.22. The smallest absolute Gasteiger partial charge is 0.275 e. The molecule has 0 fully saturated rings. The quantitative estimate of drug-likeness (QED) is 0.880. The normalized spacial score (nSPS) is 10.5. The zero-order valence-corrected chi connectivity index (χ0v) is 11.9. The molecule has 0 aromatic carbocycles. The van der Waals surface area contributed by atoms with Crippen LogP contribution in [0.15, 0.2) is 9.90 Å². The van der Waals surface area contributed by atoms with E-state index in [1.807, 2.05) is 13.8 Å². The lowest BCUT2D eigenvalue weighted by Gasteiger charge is -2.02. The monoisotopic (exact) mass is 280 g/mol. The molecule has 0 saturated heterocycles. The Kier molecular flexibility index (Phi) is 4.16. The first-order valence-electron chi connectivity index (χ1n) is 6.11. The van der Waals surface area contributed by atoms with Gasteiger partial charge in [0.2, 0.25) is 0 Å². The summed E-state index contributed by atoms with van der Waals surface area (Å²) < 4.78 is 5.13. The number of aryl methyl sites for hydroxylation is 2. The Balaban J connectivity index is 2.13. The number of nitrogens with one attached hydrogen (secondary N) is 2. The largest absolute Gasteiger partial charge is 0.362 e. The van der Waals surface area contributed by atoms with Crippen molar-refractivity contribution in [2.45, 2.75) is 27.2 Å². The van der Waals surface area contributed by atoms with E-state index in [1.165, 1.54) is 11.3 Å². The molecule has 0 aliphatic carbocycles. The molecule has 2 aromatic heterocycles. The molecule has 0 spiro atoms. The lowest BCUT2D eigenvalue weighted by Crippen LogP contribution is -2.13. The Morgan fingerprint density at radius 1 is 1.47 bits per heavy atom. The molecule has 0 radical (unpaired) electrons. The molecule has 0 saturated carbocycles. The average Bonchev–Trinajstić information content (AvgIpc) is 2.98. The van der Waals surface area contributed by atoms with Crippen LogP contribution >= 0.6 is 11.3 Å². The van der Waals surface area contributed by atoms with Crippen LogP contribution in [0.1, 0.15) is 35.8 Å². The third-order valence-corrected chi connectivity index (χ3v) is 3.36. The molecule has 2 heterocycles. The first kappa shape index (κ1) is 13.5. The zero-order chi connectivity index (χ0) is 13.8. The summed E-state index contributed by atoms with van der Waals surface area (Å²) in [5.41, 5.74) is 1.71.